The van der Waals surface area contributed by atoms with Gasteiger partial charge in [0.05, 0.1) is 5.69 Å². The fourth-order valence-corrected chi connectivity index (χ4v) is 2.87. The Hall–Kier alpha value is -1.72. The molecule has 0 spiro atoms. The van der Waals surface area contributed by atoms with Crippen molar-refractivity contribution in [2.24, 2.45) is 0 Å². The third kappa shape index (κ3) is 2.46. The van der Waals surface area contributed by atoms with Gasteiger partial charge in [-0.2, -0.15) is 0 Å². The van der Waals surface area contributed by atoms with E-state index in [1.54, 1.807) is 0 Å². The van der Waals surface area contributed by atoms with Crippen LogP contribution in [0.15, 0.2) is 48.5 Å². The van der Waals surface area contributed by atoms with Gasteiger partial charge >= 0.3 is 0 Å². The fraction of sp³-hybridized carbons (Fsp3) is 0.0714. The Morgan fingerprint density at radius 3 is 2.60 bits per heavy atom. The molecule has 0 aliphatic heterocycles. The zero-order valence-corrected chi connectivity index (χ0v) is 12.7. The fourth-order valence-electron chi connectivity index (χ4n) is 1.89. The van der Waals surface area contributed by atoms with Gasteiger partial charge in [-0.1, -0.05) is 63.9 Å². The maximum Gasteiger partial charge on any atom is 0.205 e. The molecule has 20 heavy (non-hydrogen) atoms. The van der Waals surface area contributed by atoms with E-state index < -0.39 is 0 Å². The monoisotopic (exact) mass is 348 g/mol. The standard InChI is InChI=1S/C14H10BrClN4/c15-9-11-12(16)7-4-8-13(11)20-18-14(17-19-20)10-5-2-1-3-6-10/h1-8H,9H2. The first kappa shape index (κ1) is 13.3. The second-order valence-corrected chi connectivity index (χ2v) is 5.11. The summed E-state index contributed by atoms with van der Waals surface area (Å²) in [7, 11) is 0. The van der Waals surface area contributed by atoms with Gasteiger partial charge in [-0.15, -0.1) is 15.0 Å². The van der Waals surface area contributed by atoms with Crippen LogP contribution in [-0.2, 0) is 5.33 Å². The first-order chi connectivity index (χ1) is 9.79. The van der Waals surface area contributed by atoms with Crippen LogP contribution in [0.4, 0.5) is 0 Å². The van der Waals surface area contributed by atoms with E-state index in [1.165, 1.54) is 4.80 Å². The second kappa shape index (κ2) is 5.73. The molecule has 4 nitrogen and oxygen atoms in total. The van der Waals surface area contributed by atoms with Gasteiger partial charge in [0.1, 0.15) is 0 Å². The van der Waals surface area contributed by atoms with Gasteiger partial charge in [-0.25, -0.2) is 0 Å². The average molecular weight is 350 g/mol. The Bertz CT molecular complexity index is 727. The van der Waals surface area contributed by atoms with Crippen molar-refractivity contribution in [1.82, 2.24) is 20.2 Å². The van der Waals surface area contributed by atoms with Crippen LogP contribution in [0.5, 0.6) is 0 Å². The quantitative estimate of drug-likeness (QED) is 0.674. The van der Waals surface area contributed by atoms with Crippen molar-refractivity contribution in [1.29, 1.82) is 0 Å². The van der Waals surface area contributed by atoms with Gasteiger partial charge in [0.25, 0.3) is 0 Å². The Morgan fingerprint density at radius 2 is 1.85 bits per heavy atom. The van der Waals surface area contributed by atoms with Crippen molar-refractivity contribution in [3.05, 3.63) is 59.1 Å². The van der Waals surface area contributed by atoms with Gasteiger partial charge in [0, 0.05) is 21.5 Å². The molecular weight excluding hydrogens is 340 g/mol. The predicted octanol–water partition coefficient (Wildman–Crippen LogP) is 3.88. The van der Waals surface area contributed by atoms with Crippen LogP contribution < -0.4 is 0 Å². The Balaban J connectivity index is 2.05. The highest BCUT2D eigenvalue weighted by molar-refractivity contribution is 9.08. The third-order valence-corrected chi connectivity index (χ3v) is 3.80. The van der Waals surface area contributed by atoms with E-state index >= 15 is 0 Å². The summed E-state index contributed by atoms with van der Waals surface area (Å²) < 4.78 is 0. The second-order valence-electron chi connectivity index (χ2n) is 4.14. The number of alkyl halides is 1. The lowest BCUT2D eigenvalue weighted by Crippen LogP contribution is -2.03. The Labute approximate surface area is 129 Å². The zero-order valence-electron chi connectivity index (χ0n) is 10.4. The number of benzene rings is 2. The van der Waals surface area contributed by atoms with E-state index in [9.17, 15) is 0 Å². The summed E-state index contributed by atoms with van der Waals surface area (Å²) in [6.07, 6.45) is 0. The van der Waals surface area contributed by atoms with Crippen molar-refractivity contribution in [2.75, 3.05) is 0 Å². The molecule has 0 bridgehead atoms. The normalized spacial score (nSPS) is 10.7. The third-order valence-electron chi connectivity index (χ3n) is 2.89. The van der Waals surface area contributed by atoms with Crippen LogP contribution in [0.25, 0.3) is 17.1 Å². The maximum absolute atomic E-state index is 6.18. The molecule has 0 fully saturated rings. The van der Waals surface area contributed by atoms with Crippen LogP contribution in [0.1, 0.15) is 5.56 Å². The molecule has 100 valence electrons. The number of tetrazole rings is 1. The van der Waals surface area contributed by atoms with Crippen LogP contribution in [0.3, 0.4) is 0 Å². The first-order valence-corrected chi connectivity index (χ1v) is 7.48. The summed E-state index contributed by atoms with van der Waals surface area (Å²) in [5, 5.41) is 13.9. The molecule has 1 heterocycles. The van der Waals surface area contributed by atoms with Gasteiger partial charge in [-0.3, -0.25) is 0 Å². The van der Waals surface area contributed by atoms with Crippen molar-refractivity contribution in [3.63, 3.8) is 0 Å². The van der Waals surface area contributed by atoms with E-state index in [2.05, 4.69) is 31.3 Å². The van der Waals surface area contributed by atoms with Crippen LogP contribution in [0.2, 0.25) is 5.02 Å². The molecule has 0 aliphatic rings. The molecule has 3 aromatic rings. The highest BCUT2D eigenvalue weighted by atomic mass is 79.9. The number of hydrogen-bond donors (Lipinski definition) is 0. The van der Waals surface area contributed by atoms with Crippen LogP contribution >= 0.6 is 27.5 Å². The van der Waals surface area contributed by atoms with Crippen molar-refractivity contribution >= 4 is 27.5 Å². The van der Waals surface area contributed by atoms with Gasteiger partial charge in [0.2, 0.25) is 5.82 Å². The number of nitrogens with zero attached hydrogens (tertiary/aromatic N) is 4. The van der Waals surface area contributed by atoms with E-state index in [0.717, 1.165) is 16.8 Å². The minimum absolute atomic E-state index is 0.589. The summed E-state index contributed by atoms with van der Waals surface area (Å²) in [6.45, 7) is 0. The maximum atomic E-state index is 6.18. The molecule has 0 amide bonds. The molecule has 0 radical (unpaired) electrons. The van der Waals surface area contributed by atoms with E-state index in [0.29, 0.717) is 16.2 Å². The molecule has 6 heteroatoms. The SMILES string of the molecule is Clc1cccc(-n2nnc(-c3ccccc3)n2)c1CBr. The molecule has 0 atom stereocenters. The lowest BCUT2D eigenvalue weighted by molar-refractivity contribution is 0.715. The summed E-state index contributed by atoms with van der Waals surface area (Å²) in [6, 6.07) is 15.4. The topological polar surface area (TPSA) is 43.6 Å². The molecule has 0 aliphatic carbocycles. The lowest BCUT2D eigenvalue weighted by atomic mass is 10.2. The number of rotatable bonds is 3. The molecular formula is C14H10BrClN4. The number of hydrogen-bond acceptors (Lipinski definition) is 3. The largest absolute Gasteiger partial charge is 0.205 e. The molecule has 0 saturated carbocycles. The minimum Gasteiger partial charge on any atom is -0.130 e. The molecule has 0 N–H and O–H groups in total. The van der Waals surface area contributed by atoms with E-state index in [1.807, 2.05) is 48.5 Å². The van der Waals surface area contributed by atoms with Gasteiger partial charge < -0.3 is 0 Å². The number of aromatic nitrogens is 4. The van der Waals surface area contributed by atoms with Gasteiger partial charge in [-0.05, 0) is 17.3 Å². The first-order valence-electron chi connectivity index (χ1n) is 5.99. The zero-order chi connectivity index (χ0) is 13.9. The number of halogens is 2. The molecule has 0 unspecified atom stereocenters. The van der Waals surface area contributed by atoms with Crippen molar-refractivity contribution < 1.29 is 0 Å². The highest BCUT2D eigenvalue weighted by Gasteiger charge is 2.12. The molecule has 0 saturated heterocycles. The summed E-state index contributed by atoms with van der Waals surface area (Å²) >= 11 is 9.62. The van der Waals surface area contributed by atoms with Crippen molar-refractivity contribution in [3.8, 4) is 17.1 Å². The summed E-state index contributed by atoms with van der Waals surface area (Å²) in [5.41, 5.74) is 2.69. The van der Waals surface area contributed by atoms with E-state index in [-0.39, 0.29) is 0 Å². The average Bonchev–Trinajstić information content (AvgIpc) is 2.97. The summed E-state index contributed by atoms with van der Waals surface area (Å²) in [5.74, 6) is 0.589. The molecule has 1 aromatic heterocycles. The summed E-state index contributed by atoms with van der Waals surface area (Å²) in [4.78, 5) is 1.50. The minimum atomic E-state index is 0.589. The Kier molecular flexibility index (Phi) is 3.80. The molecule has 3 rings (SSSR count). The Morgan fingerprint density at radius 1 is 1.05 bits per heavy atom. The van der Waals surface area contributed by atoms with E-state index in [4.69, 9.17) is 11.6 Å². The van der Waals surface area contributed by atoms with Crippen LogP contribution in [-0.4, -0.2) is 20.2 Å². The molecule has 2 aromatic carbocycles. The predicted molar refractivity (Wildman–Crippen MR) is 82.2 cm³/mol. The van der Waals surface area contributed by atoms with Crippen molar-refractivity contribution in [2.45, 2.75) is 5.33 Å². The smallest absolute Gasteiger partial charge is 0.130 e. The lowest BCUT2D eigenvalue weighted by Gasteiger charge is -2.06. The van der Waals surface area contributed by atoms with Crippen LogP contribution in [0, 0.1) is 0 Å². The van der Waals surface area contributed by atoms with Gasteiger partial charge in [0.15, 0.2) is 0 Å². The highest BCUT2D eigenvalue weighted by Crippen LogP contribution is 2.25.